The second kappa shape index (κ2) is 10.6. The van der Waals surface area contributed by atoms with E-state index >= 15 is 0 Å². The molecular weight excluding hydrogens is 168 g/mol. The zero-order valence-corrected chi connectivity index (χ0v) is 10.1. The van der Waals surface area contributed by atoms with Crippen LogP contribution in [0.1, 0.15) is 59.3 Å². The third-order valence-corrected chi connectivity index (χ3v) is 2.56. The van der Waals surface area contributed by atoms with E-state index in [1.54, 1.807) is 0 Å². The fraction of sp³-hybridized carbons (Fsp3) is 0.714. The van der Waals surface area contributed by atoms with Crippen molar-refractivity contribution in [2.45, 2.75) is 59.3 Å². The molecule has 0 spiro atoms. The Kier molecular flexibility index (Phi) is 10.2. The molecule has 0 aromatic carbocycles. The molecule has 0 rings (SSSR count). The van der Waals surface area contributed by atoms with Crippen molar-refractivity contribution in [2.24, 2.45) is 5.92 Å². The summed E-state index contributed by atoms with van der Waals surface area (Å²) >= 11 is 0. The average Bonchev–Trinajstić information content (AvgIpc) is 2.21. The summed E-state index contributed by atoms with van der Waals surface area (Å²) in [5.74, 6) is 0.722. The minimum absolute atomic E-state index is 0.722. The summed E-state index contributed by atoms with van der Waals surface area (Å²) < 4.78 is 0. The third-order valence-electron chi connectivity index (χ3n) is 2.56. The summed E-state index contributed by atoms with van der Waals surface area (Å²) in [5.41, 5.74) is 0. The van der Waals surface area contributed by atoms with E-state index in [1.165, 1.54) is 38.5 Å². The van der Waals surface area contributed by atoms with Crippen molar-refractivity contribution in [3.05, 3.63) is 24.3 Å². The molecule has 0 N–H and O–H groups in total. The van der Waals surface area contributed by atoms with Gasteiger partial charge in [-0.1, -0.05) is 70.8 Å². The van der Waals surface area contributed by atoms with E-state index in [-0.39, 0.29) is 0 Å². The Balaban J connectivity index is 3.31. The van der Waals surface area contributed by atoms with Crippen LogP contribution in [0.3, 0.4) is 0 Å². The normalized spacial score (nSPS) is 14.2. The highest BCUT2D eigenvalue weighted by Gasteiger charge is 1.87. The second-order valence-corrected chi connectivity index (χ2v) is 4.05. The molecule has 0 aliphatic rings. The van der Waals surface area contributed by atoms with Gasteiger partial charge in [0.15, 0.2) is 0 Å². The van der Waals surface area contributed by atoms with Crippen molar-refractivity contribution in [2.75, 3.05) is 0 Å². The Hall–Kier alpha value is -0.520. The summed E-state index contributed by atoms with van der Waals surface area (Å²) in [7, 11) is 0. The van der Waals surface area contributed by atoms with Gasteiger partial charge in [0.05, 0.1) is 0 Å². The Morgan fingerprint density at radius 3 is 2.43 bits per heavy atom. The van der Waals surface area contributed by atoms with Gasteiger partial charge >= 0.3 is 0 Å². The number of allylic oxidation sites excluding steroid dienone is 4. The lowest BCUT2D eigenvalue weighted by Crippen LogP contribution is -1.82. The fourth-order valence-corrected chi connectivity index (χ4v) is 1.25. The van der Waals surface area contributed by atoms with Gasteiger partial charge in [-0.25, -0.2) is 0 Å². The highest BCUT2D eigenvalue weighted by Crippen LogP contribution is 2.04. The van der Waals surface area contributed by atoms with Crippen LogP contribution in [0.2, 0.25) is 0 Å². The molecule has 1 atom stereocenters. The van der Waals surface area contributed by atoms with Crippen LogP contribution >= 0.6 is 0 Å². The van der Waals surface area contributed by atoms with Crippen molar-refractivity contribution in [1.29, 1.82) is 0 Å². The summed E-state index contributed by atoms with van der Waals surface area (Å²) in [6.07, 6.45) is 16.9. The average molecular weight is 194 g/mol. The van der Waals surface area contributed by atoms with Crippen LogP contribution < -0.4 is 0 Å². The van der Waals surface area contributed by atoms with Crippen molar-refractivity contribution in [3.63, 3.8) is 0 Å². The molecule has 14 heavy (non-hydrogen) atoms. The third kappa shape index (κ3) is 9.57. The lowest BCUT2D eigenvalue weighted by molar-refractivity contribution is 0.674. The van der Waals surface area contributed by atoms with Crippen LogP contribution in [-0.2, 0) is 0 Å². The maximum atomic E-state index is 2.29. The summed E-state index contributed by atoms with van der Waals surface area (Å²) in [6, 6.07) is 0. The molecule has 0 amide bonds. The van der Waals surface area contributed by atoms with Crippen LogP contribution in [0.15, 0.2) is 24.3 Å². The highest BCUT2D eigenvalue weighted by molar-refractivity contribution is 5.03. The molecule has 0 saturated heterocycles. The van der Waals surface area contributed by atoms with E-state index in [4.69, 9.17) is 0 Å². The molecule has 0 bridgehead atoms. The predicted octanol–water partition coefficient (Wildman–Crippen LogP) is 5.12. The highest BCUT2D eigenvalue weighted by atomic mass is 13.9. The lowest BCUT2D eigenvalue weighted by atomic mass is 10.1. The Morgan fingerprint density at radius 1 is 1.00 bits per heavy atom. The molecule has 0 heterocycles. The molecular formula is C14H26. The van der Waals surface area contributed by atoms with Gasteiger partial charge < -0.3 is 0 Å². The SMILES string of the molecule is CCCCCC/C=C/C=C/C(C)CC. The maximum absolute atomic E-state index is 2.29. The molecule has 0 aromatic rings. The van der Waals surface area contributed by atoms with Crippen molar-refractivity contribution in [1.82, 2.24) is 0 Å². The predicted molar refractivity (Wildman–Crippen MR) is 66.5 cm³/mol. The van der Waals surface area contributed by atoms with Crippen LogP contribution in [0.4, 0.5) is 0 Å². The summed E-state index contributed by atoms with van der Waals surface area (Å²) in [4.78, 5) is 0. The van der Waals surface area contributed by atoms with E-state index in [0.29, 0.717) is 0 Å². The summed E-state index contributed by atoms with van der Waals surface area (Å²) in [6.45, 7) is 6.74. The first kappa shape index (κ1) is 13.5. The first-order chi connectivity index (χ1) is 6.81. The number of rotatable bonds is 8. The second-order valence-electron chi connectivity index (χ2n) is 4.05. The quantitative estimate of drug-likeness (QED) is 0.372. The van der Waals surface area contributed by atoms with E-state index in [9.17, 15) is 0 Å². The van der Waals surface area contributed by atoms with E-state index < -0.39 is 0 Å². The molecule has 0 aliphatic carbocycles. The number of hydrogen-bond donors (Lipinski definition) is 0. The van der Waals surface area contributed by atoms with Gasteiger partial charge in [-0.2, -0.15) is 0 Å². The zero-order chi connectivity index (χ0) is 10.6. The fourth-order valence-electron chi connectivity index (χ4n) is 1.25. The Bertz CT molecular complexity index is 153. The first-order valence-corrected chi connectivity index (χ1v) is 6.14. The molecule has 0 saturated carbocycles. The Morgan fingerprint density at radius 2 is 1.79 bits per heavy atom. The van der Waals surface area contributed by atoms with E-state index in [2.05, 4.69) is 45.1 Å². The first-order valence-electron chi connectivity index (χ1n) is 6.14. The lowest BCUT2D eigenvalue weighted by Gasteiger charge is -1.97. The minimum atomic E-state index is 0.722. The molecule has 0 fully saturated rings. The van der Waals surface area contributed by atoms with Crippen molar-refractivity contribution < 1.29 is 0 Å². The van der Waals surface area contributed by atoms with Gasteiger partial charge in [0.25, 0.3) is 0 Å². The van der Waals surface area contributed by atoms with Gasteiger partial charge in [0, 0.05) is 0 Å². The van der Waals surface area contributed by atoms with E-state index in [1.807, 2.05) is 0 Å². The van der Waals surface area contributed by atoms with Crippen molar-refractivity contribution in [3.8, 4) is 0 Å². The molecule has 0 radical (unpaired) electrons. The topological polar surface area (TPSA) is 0 Å². The molecule has 0 aliphatic heterocycles. The number of unbranched alkanes of at least 4 members (excludes halogenated alkanes) is 4. The number of hydrogen-bond acceptors (Lipinski definition) is 0. The molecule has 0 nitrogen and oxygen atoms in total. The van der Waals surface area contributed by atoms with E-state index in [0.717, 1.165) is 5.92 Å². The van der Waals surface area contributed by atoms with Gasteiger partial charge in [-0.3, -0.25) is 0 Å². The molecule has 0 heteroatoms. The van der Waals surface area contributed by atoms with Crippen LogP contribution in [0.25, 0.3) is 0 Å². The Labute approximate surface area is 90.1 Å². The van der Waals surface area contributed by atoms with Crippen LogP contribution in [0, 0.1) is 5.92 Å². The molecule has 0 aromatic heterocycles. The van der Waals surface area contributed by atoms with Crippen LogP contribution in [-0.4, -0.2) is 0 Å². The minimum Gasteiger partial charge on any atom is -0.0845 e. The zero-order valence-electron chi connectivity index (χ0n) is 10.1. The van der Waals surface area contributed by atoms with Gasteiger partial charge in [-0.15, -0.1) is 0 Å². The maximum Gasteiger partial charge on any atom is -0.0261 e. The van der Waals surface area contributed by atoms with Crippen LogP contribution in [0.5, 0.6) is 0 Å². The molecule has 1 unspecified atom stereocenters. The largest absolute Gasteiger partial charge is 0.0845 e. The standard InChI is InChI=1S/C14H26/c1-4-6-7-8-9-10-11-12-13-14(3)5-2/h10-14H,4-9H2,1-3H3/b11-10+,13-12+. The van der Waals surface area contributed by atoms with Crippen molar-refractivity contribution >= 4 is 0 Å². The van der Waals surface area contributed by atoms with Gasteiger partial charge in [0.2, 0.25) is 0 Å². The smallest absolute Gasteiger partial charge is 0.0261 e. The monoisotopic (exact) mass is 194 g/mol. The summed E-state index contributed by atoms with van der Waals surface area (Å²) in [5, 5.41) is 0. The van der Waals surface area contributed by atoms with Gasteiger partial charge in [-0.05, 0) is 18.8 Å². The van der Waals surface area contributed by atoms with Gasteiger partial charge in [0.1, 0.15) is 0 Å². The molecule has 82 valence electrons.